The Morgan fingerprint density at radius 3 is 2.83 bits per heavy atom. The van der Waals surface area contributed by atoms with E-state index < -0.39 is 4.92 Å². The summed E-state index contributed by atoms with van der Waals surface area (Å²) in [6, 6.07) is 4.33. The van der Waals surface area contributed by atoms with Crippen molar-refractivity contribution in [1.29, 1.82) is 0 Å². The molecule has 6 heteroatoms. The zero-order chi connectivity index (χ0) is 13.5. The molecule has 1 unspecified atom stereocenters. The van der Waals surface area contributed by atoms with Gasteiger partial charge in [-0.2, -0.15) is 0 Å². The van der Waals surface area contributed by atoms with E-state index in [0.717, 1.165) is 18.2 Å². The summed E-state index contributed by atoms with van der Waals surface area (Å²) in [5.41, 5.74) is -0.0516. The second-order valence-electron chi connectivity index (χ2n) is 3.99. The molecule has 4 nitrogen and oxygen atoms in total. The van der Waals surface area contributed by atoms with E-state index in [1.165, 1.54) is 18.2 Å². The number of hydrogen-bond acceptors (Lipinski definition) is 3. The first-order valence-corrected chi connectivity index (χ1v) is 7.21. The lowest BCUT2D eigenvalue weighted by molar-refractivity contribution is -0.385. The molecule has 0 aromatic heterocycles. The average molecular weight is 337 g/mol. The molecule has 0 radical (unpaired) electrons. The fourth-order valence-electron chi connectivity index (χ4n) is 1.58. The van der Waals surface area contributed by atoms with Crippen LogP contribution in [0.2, 0.25) is 5.02 Å². The first-order chi connectivity index (χ1) is 8.58. The van der Waals surface area contributed by atoms with E-state index in [4.69, 9.17) is 16.3 Å². The minimum Gasteiger partial charge on any atom is -0.486 e. The third-order valence-electron chi connectivity index (χ3n) is 2.51. The van der Waals surface area contributed by atoms with Crippen LogP contribution in [0.3, 0.4) is 0 Å². The first kappa shape index (κ1) is 15.2. The fourth-order valence-corrected chi connectivity index (χ4v) is 2.25. The van der Waals surface area contributed by atoms with E-state index in [1.807, 2.05) is 0 Å². The number of halogens is 2. The molecule has 0 spiro atoms. The highest BCUT2D eigenvalue weighted by atomic mass is 79.9. The van der Waals surface area contributed by atoms with Crippen molar-refractivity contribution < 1.29 is 9.66 Å². The highest BCUT2D eigenvalue weighted by Gasteiger charge is 2.17. The van der Waals surface area contributed by atoms with Gasteiger partial charge in [-0.1, -0.05) is 40.9 Å². The van der Waals surface area contributed by atoms with Crippen molar-refractivity contribution in [3.05, 3.63) is 33.3 Å². The molecule has 18 heavy (non-hydrogen) atoms. The Hall–Kier alpha value is -0.810. The van der Waals surface area contributed by atoms with Crippen molar-refractivity contribution >= 4 is 33.2 Å². The molecule has 1 aromatic carbocycles. The smallest absolute Gasteiger partial charge is 0.311 e. The third kappa shape index (κ3) is 4.46. The molecule has 0 N–H and O–H groups in total. The van der Waals surface area contributed by atoms with Gasteiger partial charge in [-0.3, -0.25) is 10.1 Å². The van der Waals surface area contributed by atoms with Crippen molar-refractivity contribution in [3.8, 4) is 5.75 Å². The molecule has 0 aliphatic heterocycles. The molecule has 0 saturated heterocycles. The van der Waals surface area contributed by atoms with Gasteiger partial charge in [0.15, 0.2) is 5.75 Å². The zero-order valence-corrected chi connectivity index (χ0v) is 12.4. The van der Waals surface area contributed by atoms with Gasteiger partial charge in [0.2, 0.25) is 0 Å². The topological polar surface area (TPSA) is 52.4 Å². The van der Waals surface area contributed by atoms with Crippen molar-refractivity contribution in [1.82, 2.24) is 0 Å². The standard InChI is InChI=1S/C12H15BrClNO3/c1-2-3-9(7-13)8-18-12-6-10(14)4-5-11(12)15(16)17/h4-6,9H,2-3,7-8H2,1H3. The molecule has 0 bridgehead atoms. The molecular formula is C12H15BrClNO3. The van der Waals surface area contributed by atoms with Crippen LogP contribution < -0.4 is 4.74 Å². The molecule has 0 saturated carbocycles. The van der Waals surface area contributed by atoms with Gasteiger partial charge in [0.05, 0.1) is 11.5 Å². The number of ether oxygens (including phenoxy) is 1. The van der Waals surface area contributed by atoms with E-state index in [2.05, 4.69) is 22.9 Å². The Balaban J connectivity index is 2.76. The average Bonchev–Trinajstić information content (AvgIpc) is 2.34. The van der Waals surface area contributed by atoms with Crippen LogP contribution >= 0.6 is 27.5 Å². The van der Waals surface area contributed by atoms with Gasteiger partial charge < -0.3 is 4.74 Å². The quantitative estimate of drug-likeness (QED) is 0.420. The molecule has 1 rings (SSSR count). The Bertz CT molecular complexity index is 414. The fraction of sp³-hybridized carbons (Fsp3) is 0.500. The van der Waals surface area contributed by atoms with Crippen LogP contribution in [0.4, 0.5) is 5.69 Å². The van der Waals surface area contributed by atoms with Crippen LogP contribution in [0, 0.1) is 16.0 Å². The summed E-state index contributed by atoms with van der Waals surface area (Å²) in [4.78, 5) is 10.4. The third-order valence-corrected chi connectivity index (χ3v) is 3.66. The van der Waals surface area contributed by atoms with E-state index in [1.54, 1.807) is 0 Å². The van der Waals surface area contributed by atoms with E-state index in [9.17, 15) is 10.1 Å². The molecule has 0 heterocycles. The molecule has 1 aromatic rings. The van der Waals surface area contributed by atoms with Gasteiger partial charge in [-0.15, -0.1) is 0 Å². The van der Waals surface area contributed by atoms with E-state index >= 15 is 0 Å². The Kier molecular flexibility index (Phi) is 6.43. The van der Waals surface area contributed by atoms with Crippen LogP contribution in [-0.2, 0) is 0 Å². The molecule has 1 atom stereocenters. The maximum absolute atomic E-state index is 10.8. The number of nitrogens with zero attached hydrogens (tertiary/aromatic N) is 1. The highest BCUT2D eigenvalue weighted by molar-refractivity contribution is 9.09. The van der Waals surface area contributed by atoms with E-state index in [0.29, 0.717) is 17.5 Å². The highest BCUT2D eigenvalue weighted by Crippen LogP contribution is 2.30. The summed E-state index contributed by atoms with van der Waals surface area (Å²) in [5, 5.41) is 12.1. The normalized spacial score (nSPS) is 12.2. The second-order valence-corrected chi connectivity index (χ2v) is 5.07. The number of nitro benzene ring substituents is 1. The first-order valence-electron chi connectivity index (χ1n) is 5.71. The predicted molar refractivity (Wildman–Crippen MR) is 75.8 cm³/mol. The zero-order valence-electron chi connectivity index (χ0n) is 10.1. The van der Waals surface area contributed by atoms with Crippen LogP contribution in [0.15, 0.2) is 18.2 Å². The van der Waals surface area contributed by atoms with Crippen LogP contribution in [0.1, 0.15) is 19.8 Å². The molecule has 0 amide bonds. The molecular weight excluding hydrogens is 321 g/mol. The SMILES string of the molecule is CCCC(CBr)COc1cc(Cl)ccc1[N+](=O)[O-]. The van der Waals surface area contributed by atoms with Crippen molar-refractivity contribution in [2.45, 2.75) is 19.8 Å². The summed E-state index contributed by atoms with van der Waals surface area (Å²) in [5.74, 6) is 0.572. The Morgan fingerprint density at radius 2 is 2.28 bits per heavy atom. The van der Waals surface area contributed by atoms with Crippen molar-refractivity contribution in [2.75, 3.05) is 11.9 Å². The van der Waals surface area contributed by atoms with Crippen molar-refractivity contribution in [3.63, 3.8) is 0 Å². The van der Waals surface area contributed by atoms with Crippen molar-refractivity contribution in [2.24, 2.45) is 5.92 Å². The van der Waals surface area contributed by atoms with Gasteiger partial charge in [0, 0.05) is 28.4 Å². The van der Waals surface area contributed by atoms with Crippen LogP contribution in [-0.4, -0.2) is 16.9 Å². The van der Waals surface area contributed by atoms with Gasteiger partial charge in [0.1, 0.15) is 0 Å². The Labute approximate surface area is 120 Å². The Morgan fingerprint density at radius 1 is 1.56 bits per heavy atom. The summed E-state index contributed by atoms with van der Waals surface area (Å²) >= 11 is 9.23. The predicted octanol–water partition coefficient (Wildman–Crippen LogP) is 4.44. The lowest BCUT2D eigenvalue weighted by Gasteiger charge is -2.14. The summed E-state index contributed by atoms with van der Waals surface area (Å²) in [6.45, 7) is 2.54. The molecule has 0 aliphatic carbocycles. The lowest BCUT2D eigenvalue weighted by Crippen LogP contribution is -2.13. The molecule has 100 valence electrons. The number of rotatable bonds is 7. The lowest BCUT2D eigenvalue weighted by atomic mass is 10.1. The van der Waals surface area contributed by atoms with Gasteiger partial charge in [-0.25, -0.2) is 0 Å². The van der Waals surface area contributed by atoms with Crippen LogP contribution in [0.25, 0.3) is 0 Å². The van der Waals surface area contributed by atoms with Gasteiger partial charge >= 0.3 is 5.69 Å². The summed E-state index contributed by atoms with van der Waals surface area (Å²) in [6.07, 6.45) is 2.07. The molecule has 0 fully saturated rings. The minimum atomic E-state index is -0.464. The van der Waals surface area contributed by atoms with Gasteiger partial charge in [0.25, 0.3) is 0 Å². The number of nitro groups is 1. The largest absolute Gasteiger partial charge is 0.486 e. The maximum atomic E-state index is 10.8. The second kappa shape index (κ2) is 7.59. The minimum absolute atomic E-state index is 0.0516. The van der Waals surface area contributed by atoms with Crippen LogP contribution in [0.5, 0.6) is 5.75 Å². The number of alkyl halides is 1. The summed E-state index contributed by atoms with van der Waals surface area (Å²) < 4.78 is 5.53. The number of hydrogen-bond donors (Lipinski definition) is 0. The summed E-state index contributed by atoms with van der Waals surface area (Å²) in [7, 11) is 0. The molecule has 0 aliphatic rings. The van der Waals surface area contributed by atoms with Gasteiger partial charge in [-0.05, 0) is 12.5 Å². The number of benzene rings is 1. The monoisotopic (exact) mass is 335 g/mol. The maximum Gasteiger partial charge on any atom is 0.311 e. The van der Waals surface area contributed by atoms with E-state index in [-0.39, 0.29) is 11.4 Å².